The van der Waals surface area contributed by atoms with Gasteiger partial charge in [0.05, 0.1) is 5.75 Å². The van der Waals surface area contributed by atoms with Crippen LogP contribution in [-0.2, 0) is 14.8 Å². The van der Waals surface area contributed by atoms with Gasteiger partial charge in [-0.1, -0.05) is 6.92 Å². The van der Waals surface area contributed by atoms with Crippen molar-refractivity contribution in [1.29, 1.82) is 0 Å². The summed E-state index contributed by atoms with van der Waals surface area (Å²) in [4.78, 5) is 10.7. The molecule has 0 aromatic rings. The molecule has 0 unspecified atom stereocenters. The monoisotopic (exact) mass is 205 g/mol. The molecule has 5 heteroatoms. The molecule has 0 radical (unpaired) electrons. The quantitative estimate of drug-likeness (QED) is 0.722. The average Bonchev–Trinajstić information content (AvgIpc) is 1.80. The molecule has 0 bridgehead atoms. The molecule has 0 saturated heterocycles. The highest BCUT2D eigenvalue weighted by Gasteiger charge is 2.38. The fraction of sp³-hybridized carbons (Fsp3) is 0.875. The number of hydrogen-bond donors (Lipinski definition) is 1. The third kappa shape index (κ3) is 3.44. The number of nitrogens with two attached hydrogens (primary N) is 1. The molecule has 1 aliphatic rings. The van der Waals surface area contributed by atoms with Gasteiger partial charge in [0.1, 0.15) is 5.78 Å². The van der Waals surface area contributed by atoms with Crippen molar-refractivity contribution in [2.24, 2.45) is 10.6 Å². The minimum atomic E-state index is -3.33. The second-order valence-corrected chi connectivity index (χ2v) is 5.91. The Morgan fingerprint density at radius 3 is 2.38 bits per heavy atom. The summed E-state index contributed by atoms with van der Waals surface area (Å²) in [6.07, 6.45) is 2.52. The molecule has 0 aliphatic heterocycles. The summed E-state index contributed by atoms with van der Waals surface area (Å²) in [5.74, 6) is 0.301. The van der Waals surface area contributed by atoms with Gasteiger partial charge in [0.2, 0.25) is 10.0 Å². The lowest BCUT2D eigenvalue weighted by Gasteiger charge is -2.36. The summed E-state index contributed by atoms with van der Waals surface area (Å²) in [5.41, 5.74) is 0.0434. The molecule has 0 amide bonds. The molecule has 0 atom stereocenters. The maximum atomic E-state index is 10.7. The van der Waals surface area contributed by atoms with E-state index in [-0.39, 0.29) is 17.0 Å². The number of rotatable bonds is 4. The standard InChI is InChI=1S/C8H15NO3S/c1-8(5-7(10)6-8)3-2-4-13(9,11)12/h2-6H2,1H3,(H2,9,11,12). The number of ketones is 1. The van der Waals surface area contributed by atoms with Gasteiger partial charge in [-0.05, 0) is 18.3 Å². The molecule has 1 saturated carbocycles. The van der Waals surface area contributed by atoms with E-state index in [0.29, 0.717) is 19.3 Å². The fourth-order valence-electron chi connectivity index (χ4n) is 1.78. The topological polar surface area (TPSA) is 77.2 Å². The Labute approximate surface area is 78.6 Å². The van der Waals surface area contributed by atoms with Crippen molar-refractivity contribution in [2.75, 3.05) is 5.75 Å². The summed E-state index contributed by atoms with van der Waals surface area (Å²) in [7, 11) is -3.33. The van der Waals surface area contributed by atoms with Gasteiger partial charge >= 0.3 is 0 Å². The molecular weight excluding hydrogens is 190 g/mol. The van der Waals surface area contributed by atoms with Gasteiger partial charge in [-0.3, -0.25) is 4.79 Å². The van der Waals surface area contributed by atoms with Crippen LogP contribution in [0.15, 0.2) is 0 Å². The Balaban J connectivity index is 2.24. The molecule has 13 heavy (non-hydrogen) atoms. The molecule has 4 nitrogen and oxygen atoms in total. The first-order valence-electron chi connectivity index (χ1n) is 4.33. The van der Waals surface area contributed by atoms with Crippen molar-refractivity contribution >= 4 is 15.8 Å². The van der Waals surface area contributed by atoms with Crippen LogP contribution in [0, 0.1) is 5.41 Å². The summed E-state index contributed by atoms with van der Waals surface area (Å²) in [6.45, 7) is 2.01. The molecule has 1 rings (SSSR count). The van der Waals surface area contributed by atoms with Gasteiger partial charge in [0, 0.05) is 12.8 Å². The van der Waals surface area contributed by atoms with E-state index >= 15 is 0 Å². The number of Topliss-reactive ketones (excluding diaryl/α,β-unsaturated/α-hetero) is 1. The second-order valence-electron chi connectivity index (χ2n) is 4.17. The van der Waals surface area contributed by atoms with Crippen molar-refractivity contribution < 1.29 is 13.2 Å². The second kappa shape index (κ2) is 3.38. The van der Waals surface area contributed by atoms with E-state index in [2.05, 4.69) is 0 Å². The van der Waals surface area contributed by atoms with Crippen LogP contribution in [0.2, 0.25) is 0 Å². The lowest BCUT2D eigenvalue weighted by Crippen LogP contribution is -2.35. The first kappa shape index (κ1) is 10.7. The van der Waals surface area contributed by atoms with E-state index in [1.165, 1.54) is 0 Å². The highest BCUT2D eigenvalue weighted by atomic mass is 32.2. The molecule has 0 aromatic carbocycles. The number of sulfonamides is 1. The Kier molecular flexibility index (Phi) is 2.77. The summed E-state index contributed by atoms with van der Waals surface area (Å²) < 4.78 is 21.2. The SMILES string of the molecule is CC1(CCCS(N)(=O)=O)CC(=O)C1. The van der Waals surface area contributed by atoms with Crippen LogP contribution in [-0.4, -0.2) is 20.0 Å². The lowest BCUT2D eigenvalue weighted by atomic mass is 9.67. The molecule has 0 spiro atoms. The van der Waals surface area contributed by atoms with Crippen LogP contribution in [0.1, 0.15) is 32.6 Å². The fourth-order valence-corrected chi connectivity index (χ4v) is 2.32. The number of carbonyl (C=O) groups excluding carboxylic acids is 1. The van der Waals surface area contributed by atoms with Crippen molar-refractivity contribution in [3.05, 3.63) is 0 Å². The lowest BCUT2D eigenvalue weighted by molar-refractivity contribution is -0.132. The number of primary sulfonamides is 1. The van der Waals surface area contributed by atoms with Crippen molar-refractivity contribution in [2.45, 2.75) is 32.6 Å². The van der Waals surface area contributed by atoms with Crippen LogP contribution >= 0.6 is 0 Å². The minimum Gasteiger partial charge on any atom is -0.300 e. The van der Waals surface area contributed by atoms with E-state index in [0.717, 1.165) is 6.42 Å². The van der Waals surface area contributed by atoms with Crippen LogP contribution in [0.5, 0.6) is 0 Å². The Bertz CT molecular complexity index is 299. The largest absolute Gasteiger partial charge is 0.300 e. The Hall–Kier alpha value is -0.420. The maximum Gasteiger partial charge on any atom is 0.209 e. The van der Waals surface area contributed by atoms with Crippen LogP contribution in [0.4, 0.5) is 0 Å². The van der Waals surface area contributed by atoms with Gasteiger partial charge in [0.15, 0.2) is 0 Å². The predicted molar refractivity (Wildman–Crippen MR) is 49.6 cm³/mol. The first-order valence-corrected chi connectivity index (χ1v) is 6.05. The van der Waals surface area contributed by atoms with Gasteiger partial charge in [0.25, 0.3) is 0 Å². The molecule has 1 fully saturated rings. The maximum absolute atomic E-state index is 10.7. The van der Waals surface area contributed by atoms with Crippen LogP contribution in [0.25, 0.3) is 0 Å². The van der Waals surface area contributed by atoms with E-state index in [1.54, 1.807) is 0 Å². The van der Waals surface area contributed by atoms with Crippen molar-refractivity contribution in [1.82, 2.24) is 0 Å². The van der Waals surface area contributed by atoms with Gasteiger partial charge in [-0.2, -0.15) is 0 Å². The zero-order valence-electron chi connectivity index (χ0n) is 7.75. The first-order chi connectivity index (χ1) is 5.81. The third-order valence-electron chi connectivity index (χ3n) is 2.46. The molecule has 2 N–H and O–H groups in total. The molecule has 1 aliphatic carbocycles. The van der Waals surface area contributed by atoms with Gasteiger partial charge < -0.3 is 0 Å². The minimum absolute atomic E-state index is 0.0246. The Morgan fingerprint density at radius 2 is 2.00 bits per heavy atom. The average molecular weight is 205 g/mol. The molecule has 76 valence electrons. The summed E-state index contributed by atoms with van der Waals surface area (Å²) in [6, 6.07) is 0. The smallest absolute Gasteiger partial charge is 0.209 e. The number of carbonyl (C=O) groups is 1. The summed E-state index contributed by atoms with van der Waals surface area (Å²) >= 11 is 0. The normalized spacial score (nSPS) is 21.2. The third-order valence-corrected chi connectivity index (χ3v) is 3.31. The zero-order valence-corrected chi connectivity index (χ0v) is 8.56. The van der Waals surface area contributed by atoms with E-state index in [4.69, 9.17) is 5.14 Å². The van der Waals surface area contributed by atoms with E-state index < -0.39 is 10.0 Å². The zero-order chi connectivity index (χ0) is 10.1. The predicted octanol–water partition coefficient (Wildman–Crippen LogP) is 0.424. The van der Waals surface area contributed by atoms with Gasteiger partial charge in [-0.25, -0.2) is 13.6 Å². The van der Waals surface area contributed by atoms with Gasteiger partial charge in [-0.15, -0.1) is 0 Å². The highest BCUT2D eigenvalue weighted by Crippen LogP contribution is 2.41. The molecule has 0 aromatic heterocycles. The van der Waals surface area contributed by atoms with E-state index in [9.17, 15) is 13.2 Å². The highest BCUT2D eigenvalue weighted by molar-refractivity contribution is 7.89. The molecule has 0 heterocycles. The summed E-state index contributed by atoms with van der Waals surface area (Å²) in [5, 5.41) is 4.86. The Morgan fingerprint density at radius 1 is 1.46 bits per heavy atom. The van der Waals surface area contributed by atoms with Crippen LogP contribution < -0.4 is 5.14 Å². The molecular formula is C8H15NO3S. The number of hydrogen-bond acceptors (Lipinski definition) is 3. The van der Waals surface area contributed by atoms with E-state index in [1.807, 2.05) is 6.92 Å². The van der Waals surface area contributed by atoms with Crippen molar-refractivity contribution in [3.8, 4) is 0 Å². The van der Waals surface area contributed by atoms with Crippen molar-refractivity contribution in [3.63, 3.8) is 0 Å². The van der Waals surface area contributed by atoms with Crippen LogP contribution in [0.3, 0.4) is 0 Å².